The lowest BCUT2D eigenvalue weighted by atomic mass is 10.0. The third kappa shape index (κ3) is 4.52. The van der Waals surface area contributed by atoms with Crippen molar-refractivity contribution >= 4 is 23.2 Å². The maximum absolute atomic E-state index is 6.18. The van der Waals surface area contributed by atoms with Gasteiger partial charge in [-0.05, 0) is 45.0 Å². The molecule has 5 heteroatoms. The van der Waals surface area contributed by atoms with Crippen molar-refractivity contribution in [3.8, 4) is 5.75 Å². The zero-order valence-corrected chi connectivity index (χ0v) is 13.4. The van der Waals surface area contributed by atoms with E-state index in [1.807, 2.05) is 19.9 Å². The van der Waals surface area contributed by atoms with Gasteiger partial charge in [-0.3, -0.25) is 0 Å². The van der Waals surface area contributed by atoms with Crippen LogP contribution in [0.5, 0.6) is 5.75 Å². The Balaban J connectivity index is 2.05. The molecule has 0 aliphatic carbocycles. The molecule has 1 aliphatic heterocycles. The summed E-state index contributed by atoms with van der Waals surface area (Å²) >= 11 is 12.1. The van der Waals surface area contributed by atoms with E-state index in [0.717, 1.165) is 19.5 Å². The molecule has 1 aromatic rings. The van der Waals surface area contributed by atoms with Crippen molar-refractivity contribution in [2.24, 2.45) is 5.92 Å². The lowest BCUT2D eigenvalue weighted by molar-refractivity contribution is -0.00362. The Morgan fingerprint density at radius 3 is 2.75 bits per heavy atom. The van der Waals surface area contributed by atoms with E-state index >= 15 is 0 Å². The van der Waals surface area contributed by atoms with Crippen molar-refractivity contribution in [1.82, 2.24) is 5.32 Å². The standard InChI is InChI=1S/C15H21Cl2NO2/c1-10(2)19-9-15(11-5-6-18-8-11)20-14-4-3-12(16)7-13(14)17/h3-4,7,10-11,15,18H,5-6,8-9H2,1-2H3/t11?,15-/m0/s1. The minimum atomic E-state index is 0.00563. The van der Waals surface area contributed by atoms with Gasteiger partial charge in [-0.25, -0.2) is 0 Å². The summed E-state index contributed by atoms with van der Waals surface area (Å²) in [5.41, 5.74) is 0. The highest BCUT2D eigenvalue weighted by molar-refractivity contribution is 6.35. The van der Waals surface area contributed by atoms with Gasteiger partial charge in [0.05, 0.1) is 17.7 Å². The zero-order chi connectivity index (χ0) is 14.5. The van der Waals surface area contributed by atoms with Crippen molar-refractivity contribution in [2.45, 2.75) is 32.5 Å². The molecule has 1 fully saturated rings. The first-order valence-corrected chi connectivity index (χ1v) is 7.76. The van der Waals surface area contributed by atoms with Crippen molar-refractivity contribution in [2.75, 3.05) is 19.7 Å². The van der Waals surface area contributed by atoms with Crippen molar-refractivity contribution in [3.05, 3.63) is 28.2 Å². The molecule has 1 saturated heterocycles. The van der Waals surface area contributed by atoms with Crippen LogP contribution >= 0.6 is 23.2 Å². The highest BCUT2D eigenvalue weighted by Gasteiger charge is 2.27. The molecule has 0 saturated carbocycles. The number of benzene rings is 1. The van der Waals surface area contributed by atoms with Crippen LogP contribution in [-0.4, -0.2) is 31.9 Å². The van der Waals surface area contributed by atoms with Gasteiger partial charge in [0, 0.05) is 17.5 Å². The lowest BCUT2D eigenvalue weighted by Gasteiger charge is -2.25. The Labute approximate surface area is 130 Å². The van der Waals surface area contributed by atoms with Crippen LogP contribution in [0.3, 0.4) is 0 Å². The number of hydrogen-bond donors (Lipinski definition) is 1. The van der Waals surface area contributed by atoms with E-state index in [4.69, 9.17) is 32.7 Å². The largest absolute Gasteiger partial charge is 0.486 e. The summed E-state index contributed by atoms with van der Waals surface area (Å²) in [5.74, 6) is 1.11. The van der Waals surface area contributed by atoms with E-state index in [0.29, 0.717) is 28.3 Å². The minimum Gasteiger partial charge on any atom is -0.486 e. The second-order valence-corrected chi connectivity index (χ2v) is 6.21. The van der Waals surface area contributed by atoms with Crippen LogP contribution in [0, 0.1) is 5.92 Å². The Morgan fingerprint density at radius 2 is 2.15 bits per heavy atom. The molecule has 3 nitrogen and oxygen atoms in total. The van der Waals surface area contributed by atoms with Crippen molar-refractivity contribution in [1.29, 1.82) is 0 Å². The maximum Gasteiger partial charge on any atom is 0.138 e. The fourth-order valence-electron chi connectivity index (χ4n) is 2.28. The van der Waals surface area contributed by atoms with Gasteiger partial charge in [0.25, 0.3) is 0 Å². The molecule has 0 spiro atoms. The fraction of sp³-hybridized carbons (Fsp3) is 0.600. The average Bonchev–Trinajstić information content (AvgIpc) is 2.90. The SMILES string of the molecule is CC(C)OC[C@H](Oc1ccc(Cl)cc1Cl)C1CCNC1. The summed E-state index contributed by atoms with van der Waals surface area (Å²) < 4.78 is 11.8. The van der Waals surface area contributed by atoms with E-state index in [-0.39, 0.29) is 12.2 Å². The molecule has 1 aromatic carbocycles. The average molecular weight is 318 g/mol. The third-order valence-corrected chi connectivity index (χ3v) is 3.92. The summed E-state index contributed by atoms with van der Waals surface area (Å²) in [6, 6.07) is 5.30. The smallest absolute Gasteiger partial charge is 0.138 e. The van der Waals surface area contributed by atoms with Gasteiger partial charge in [0.2, 0.25) is 0 Å². The number of nitrogens with one attached hydrogen (secondary N) is 1. The molecule has 0 amide bonds. The first kappa shape index (κ1) is 15.9. The summed E-state index contributed by atoms with van der Waals surface area (Å²) in [6.45, 7) is 6.61. The van der Waals surface area contributed by atoms with Crippen LogP contribution in [0.25, 0.3) is 0 Å². The second kappa shape index (κ2) is 7.51. The molecule has 112 valence electrons. The highest BCUT2D eigenvalue weighted by Crippen LogP contribution is 2.30. The molecule has 1 unspecified atom stereocenters. The topological polar surface area (TPSA) is 30.5 Å². The summed E-state index contributed by atoms with van der Waals surface area (Å²) in [6.07, 6.45) is 1.29. The van der Waals surface area contributed by atoms with Gasteiger partial charge in [0.1, 0.15) is 11.9 Å². The van der Waals surface area contributed by atoms with Crippen LogP contribution in [0.15, 0.2) is 18.2 Å². The molecule has 0 radical (unpaired) electrons. The van der Waals surface area contributed by atoms with Crippen LogP contribution in [0.1, 0.15) is 20.3 Å². The Bertz CT molecular complexity index is 434. The monoisotopic (exact) mass is 317 g/mol. The van der Waals surface area contributed by atoms with Gasteiger partial charge in [-0.2, -0.15) is 0 Å². The van der Waals surface area contributed by atoms with Gasteiger partial charge in [-0.15, -0.1) is 0 Å². The van der Waals surface area contributed by atoms with E-state index in [2.05, 4.69) is 5.32 Å². The van der Waals surface area contributed by atoms with E-state index in [1.54, 1.807) is 12.1 Å². The second-order valence-electron chi connectivity index (χ2n) is 5.37. The third-order valence-electron chi connectivity index (χ3n) is 3.39. The predicted molar refractivity (Wildman–Crippen MR) is 82.9 cm³/mol. The molecule has 1 aliphatic rings. The first-order chi connectivity index (χ1) is 9.56. The Hall–Kier alpha value is -0.480. The van der Waals surface area contributed by atoms with Gasteiger partial charge < -0.3 is 14.8 Å². The number of ether oxygens (including phenoxy) is 2. The van der Waals surface area contributed by atoms with Crippen molar-refractivity contribution in [3.63, 3.8) is 0 Å². The van der Waals surface area contributed by atoms with Gasteiger partial charge in [0.15, 0.2) is 0 Å². The Kier molecular flexibility index (Phi) is 5.97. The zero-order valence-electron chi connectivity index (χ0n) is 11.9. The summed E-state index contributed by atoms with van der Waals surface area (Å²) in [5, 5.41) is 4.51. The highest BCUT2D eigenvalue weighted by atomic mass is 35.5. The number of hydrogen-bond acceptors (Lipinski definition) is 3. The van der Waals surface area contributed by atoms with Crippen LogP contribution in [0.4, 0.5) is 0 Å². The van der Waals surface area contributed by atoms with E-state index in [9.17, 15) is 0 Å². The molecule has 20 heavy (non-hydrogen) atoms. The number of rotatable bonds is 6. The molecule has 2 rings (SSSR count). The molecule has 1 N–H and O–H groups in total. The molecule has 2 atom stereocenters. The normalized spacial score (nSPS) is 20.4. The first-order valence-electron chi connectivity index (χ1n) is 7.00. The molecule has 0 bridgehead atoms. The summed E-state index contributed by atoms with van der Waals surface area (Å²) in [4.78, 5) is 0. The molecular weight excluding hydrogens is 297 g/mol. The quantitative estimate of drug-likeness (QED) is 0.866. The van der Waals surface area contributed by atoms with Crippen molar-refractivity contribution < 1.29 is 9.47 Å². The van der Waals surface area contributed by atoms with Gasteiger partial charge >= 0.3 is 0 Å². The van der Waals surface area contributed by atoms with Crippen LogP contribution in [-0.2, 0) is 4.74 Å². The molecule has 0 aromatic heterocycles. The van der Waals surface area contributed by atoms with E-state index < -0.39 is 0 Å². The minimum absolute atomic E-state index is 0.00563. The van der Waals surface area contributed by atoms with Crippen LogP contribution < -0.4 is 10.1 Å². The predicted octanol–water partition coefficient (Wildman–Crippen LogP) is 3.78. The van der Waals surface area contributed by atoms with Crippen LogP contribution in [0.2, 0.25) is 10.0 Å². The lowest BCUT2D eigenvalue weighted by Crippen LogP contribution is -2.34. The van der Waals surface area contributed by atoms with Gasteiger partial charge in [-0.1, -0.05) is 23.2 Å². The van der Waals surface area contributed by atoms with E-state index in [1.165, 1.54) is 0 Å². The molecular formula is C15H21Cl2NO2. The maximum atomic E-state index is 6.18. The number of halogens is 2. The fourth-order valence-corrected chi connectivity index (χ4v) is 2.73. The molecule has 1 heterocycles. The Morgan fingerprint density at radius 1 is 1.35 bits per heavy atom. The summed E-state index contributed by atoms with van der Waals surface area (Å²) in [7, 11) is 0.